The van der Waals surface area contributed by atoms with Gasteiger partial charge in [-0.3, -0.25) is 9.83 Å². The van der Waals surface area contributed by atoms with Crippen LogP contribution in [0.25, 0.3) is 0 Å². The molecule has 2 nitrogen and oxygen atoms in total. The van der Waals surface area contributed by atoms with E-state index in [0.29, 0.717) is 0 Å². The molecule has 0 aromatic heterocycles. The molecule has 0 saturated carbocycles. The Bertz CT molecular complexity index is 176. The Labute approximate surface area is 129 Å². The van der Waals surface area contributed by atoms with E-state index in [-0.39, 0.29) is 0 Å². The van der Waals surface area contributed by atoms with E-state index in [1.165, 1.54) is 89.9 Å². The molecule has 0 aliphatic rings. The van der Waals surface area contributed by atoms with Crippen molar-refractivity contribution >= 4 is 9.04 Å². The standard InChI is InChI=1S/C17H38O2Si/c1-3-4-5-6-7-8-9-10-11-12-13-14-15-16-17-20(2)19-18/h18,20H,3-17H2,1-2H3. The van der Waals surface area contributed by atoms with Gasteiger partial charge >= 0.3 is 0 Å². The van der Waals surface area contributed by atoms with E-state index in [9.17, 15) is 0 Å². The summed E-state index contributed by atoms with van der Waals surface area (Å²) in [5.41, 5.74) is 0. The van der Waals surface area contributed by atoms with Crippen LogP contribution in [0.1, 0.15) is 96.8 Å². The number of hydrogen-bond donors (Lipinski definition) is 1. The maximum Gasteiger partial charge on any atom is 0.220 e. The predicted octanol–water partition coefficient (Wildman–Crippen LogP) is 6.31. The average molecular weight is 303 g/mol. The minimum Gasteiger partial charge on any atom is -0.293 e. The van der Waals surface area contributed by atoms with Gasteiger partial charge < -0.3 is 0 Å². The fourth-order valence-electron chi connectivity index (χ4n) is 2.68. The fourth-order valence-corrected chi connectivity index (χ4v) is 3.65. The Morgan fingerprint density at radius 2 is 1.00 bits per heavy atom. The number of rotatable bonds is 16. The van der Waals surface area contributed by atoms with Gasteiger partial charge in [0.05, 0.1) is 0 Å². The van der Waals surface area contributed by atoms with Crippen molar-refractivity contribution in [3.63, 3.8) is 0 Å². The van der Waals surface area contributed by atoms with Crippen molar-refractivity contribution in [1.29, 1.82) is 0 Å². The first-order valence-electron chi connectivity index (χ1n) is 9.11. The summed E-state index contributed by atoms with van der Waals surface area (Å²) in [4.78, 5) is 0. The van der Waals surface area contributed by atoms with Gasteiger partial charge in [0.15, 0.2) is 0 Å². The highest BCUT2D eigenvalue weighted by Crippen LogP contribution is 2.13. The summed E-state index contributed by atoms with van der Waals surface area (Å²) in [5.74, 6) is 0. The molecule has 0 rings (SSSR count). The molecule has 0 heterocycles. The highest BCUT2D eigenvalue weighted by molar-refractivity contribution is 6.49. The van der Waals surface area contributed by atoms with Crippen molar-refractivity contribution in [3.05, 3.63) is 0 Å². The van der Waals surface area contributed by atoms with Gasteiger partial charge in [0, 0.05) is 0 Å². The molecule has 0 aromatic carbocycles. The summed E-state index contributed by atoms with van der Waals surface area (Å²) in [7, 11) is -1.21. The highest BCUT2D eigenvalue weighted by Gasteiger charge is 2.03. The Morgan fingerprint density at radius 1 is 0.650 bits per heavy atom. The van der Waals surface area contributed by atoms with Crippen LogP contribution in [0.5, 0.6) is 0 Å². The maximum absolute atomic E-state index is 8.50. The maximum atomic E-state index is 8.50. The van der Waals surface area contributed by atoms with Crippen LogP contribution in [-0.4, -0.2) is 14.3 Å². The summed E-state index contributed by atoms with van der Waals surface area (Å²) in [6, 6.07) is 1.12. The lowest BCUT2D eigenvalue weighted by atomic mass is 10.0. The molecule has 0 amide bonds. The Morgan fingerprint density at radius 3 is 1.35 bits per heavy atom. The average Bonchev–Trinajstić information content (AvgIpc) is 2.47. The Kier molecular flexibility index (Phi) is 17.3. The van der Waals surface area contributed by atoms with Crippen molar-refractivity contribution in [2.45, 2.75) is 109 Å². The van der Waals surface area contributed by atoms with Crippen LogP contribution in [0.2, 0.25) is 12.6 Å². The molecule has 20 heavy (non-hydrogen) atoms. The first-order chi connectivity index (χ1) is 9.81. The predicted molar refractivity (Wildman–Crippen MR) is 91.8 cm³/mol. The van der Waals surface area contributed by atoms with E-state index in [2.05, 4.69) is 18.0 Å². The van der Waals surface area contributed by atoms with Gasteiger partial charge in [-0.2, -0.15) is 0 Å². The van der Waals surface area contributed by atoms with Gasteiger partial charge in [-0.1, -0.05) is 96.8 Å². The second-order valence-corrected chi connectivity index (χ2v) is 8.71. The summed E-state index contributed by atoms with van der Waals surface area (Å²) < 4.78 is 4.40. The van der Waals surface area contributed by atoms with Gasteiger partial charge in [0.25, 0.3) is 0 Å². The van der Waals surface area contributed by atoms with Gasteiger partial charge in [0.1, 0.15) is 0 Å². The molecule has 0 aliphatic heterocycles. The van der Waals surface area contributed by atoms with Crippen LogP contribution in [0.15, 0.2) is 0 Å². The lowest BCUT2D eigenvalue weighted by Gasteiger charge is -2.05. The molecule has 0 aromatic rings. The van der Waals surface area contributed by atoms with Crippen molar-refractivity contribution in [2.24, 2.45) is 0 Å². The molecule has 1 N–H and O–H groups in total. The molecular weight excluding hydrogens is 264 g/mol. The molecule has 3 heteroatoms. The van der Waals surface area contributed by atoms with E-state index in [1.54, 1.807) is 0 Å². The monoisotopic (exact) mass is 302 g/mol. The molecule has 0 fully saturated rings. The summed E-state index contributed by atoms with van der Waals surface area (Å²) in [5, 5.41) is 8.50. The SMILES string of the molecule is CCCCCCCCCCCCCCCC[SiH](C)OO. The molecule has 0 bridgehead atoms. The minimum atomic E-state index is -1.21. The van der Waals surface area contributed by atoms with Crippen LogP contribution < -0.4 is 0 Å². The number of unbranched alkanes of at least 4 members (excludes halogenated alkanes) is 13. The molecular formula is C17H38O2Si. The first-order valence-corrected chi connectivity index (χ1v) is 11.6. The molecule has 0 aliphatic carbocycles. The summed E-state index contributed by atoms with van der Waals surface area (Å²) >= 11 is 0. The summed E-state index contributed by atoms with van der Waals surface area (Å²) in [6.45, 7) is 4.34. The van der Waals surface area contributed by atoms with Gasteiger partial charge in [-0.05, 0) is 12.6 Å². The van der Waals surface area contributed by atoms with Gasteiger partial charge in [-0.15, -0.1) is 0 Å². The minimum absolute atomic E-state index is 1.12. The van der Waals surface area contributed by atoms with Crippen LogP contribution in [0.4, 0.5) is 0 Å². The molecule has 122 valence electrons. The van der Waals surface area contributed by atoms with E-state index in [0.717, 1.165) is 6.04 Å². The highest BCUT2D eigenvalue weighted by atomic mass is 28.3. The zero-order valence-electron chi connectivity index (χ0n) is 14.0. The third kappa shape index (κ3) is 16.2. The summed E-state index contributed by atoms with van der Waals surface area (Å²) in [6.07, 6.45) is 19.6. The van der Waals surface area contributed by atoms with E-state index >= 15 is 0 Å². The second-order valence-electron chi connectivity index (χ2n) is 6.30. The van der Waals surface area contributed by atoms with Gasteiger partial charge in [-0.25, -0.2) is 0 Å². The zero-order chi connectivity index (χ0) is 14.9. The third-order valence-corrected chi connectivity index (χ3v) is 5.73. The van der Waals surface area contributed by atoms with E-state index < -0.39 is 9.04 Å². The normalized spacial score (nSPS) is 12.8. The molecule has 1 unspecified atom stereocenters. The van der Waals surface area contributed by atoms with Crippen molar-refractivity contribution < 1.29 is 9.83 Å². The molecule has 0 radical (unpaired) electrons. The van der Waals surface area contributed by atoms with E-state index in [4.69, 9.17) is 5.26 Å². The largest absolute Gasteiger partial charge is 0.293 e. The van der Waals surface area contributed by atoms with Crippen molar-refractivity contribution in [1.82, 2.24) is 0 Å². The lowest BCUT2D eigenvalue weighted by molar-refractivity contribution is -0.144. The van der Waals surface area contributed by atoms with Crippen LogP contribution in [-0.2, 0) is 4.58 Å². The van der Waals surface area contributed by atoms with Crippen molar-refractivity contribution in [2.75, 3.05) is 0 Å². The topological polar surface area (TPSA) is 29.5 Å². The Hall–Kier alpha value is 0.137. The first kappa shape index (κ1) is 20.1. The van der Waals surface area contributed by atoms with E-state index in [1.807, 2.05) is 0 Å². The second kappa shape index (κ2) is 17.2. The fraction of sp³-hybridized carbons (Fsp3) is 1.00. The molecule has 1 atom stereocenters. The smallest absolute Gasteiger partial charge is 0.220 e. The van der Waals surface area contributed by atoms with Crippen LogP contribution in [0, 0.1) is 0 Å². The zero-order valence-corrected chi connectivity index (χ0v) is 15.2. The lowest BCUT2D eigenvalue weighted by Crippen LogP contribution is -2.09. The van der Waals surface area contributed by atoms with Crippen LogP contribution >= 0.6 is 0 Å². The Balaban J connectivity index is 2.96. The quantitative estimate of drug-likeness (QED) is 0.157. The molecule has 0 saturated heterocycles. The van der Waals surface area contributed by atoms with Gasteiger partial charge in [0.2, 0.25) is 9.04 Å². The van der Waals surface area contributed by atoms with Crippen LogP contribution in [0.3, 0.4) is 0 Å². The van der Waals surface area contributed by atoms with Crippen molar-refractivity contribution in [3.8, 4) is 0 Å². The third-order valence-electron chi connectivity index (χ3n) is 4.14. The number of hydrogen-bond acceptors (Lipinski definition) is 2. The molecule has 0 spiro atoms.